The Balaban J connectivity index is 0.00000240. The molecule has 1 unspecified atom stereocenters. The Hall–Kier alpha value is -2.26. The molecule has 2 aromatic heterocycles. The van der Waals surface area contributed by atoms with Gasteiger partial charge in [0.15, 0.2) is 0 Å². The largest absolute Gasteiger partial charge is 0.341 e. The van der Waals surface area contributed by atoms with Crippen LogP contribution >= 0.6 is 12.4 Å². The maximum absolute atomic E-state index is 12.9. The van der Waals surface area contributed by atoms with E-state index in [-0.39, 0.29) is 30.3 Å². The number of fused-ring (bicyclic) bond motifs is 1. The van der Waals surface area contributed by atoms with Gasteiger partial charge >= 0.3 is 0 Å². The van der Waals surface area contributed by atoms with Gasteiger partial charge in [-0.05, 0) is 38.7 Å². The molecule has 1 N–H and O–H groups in total. The highest BCUT2D eigenvalue weighted by Crippen LogP contribution is 2.20. The molecule has 2 aromatic rings. The molecule has 2 saturated heterocycles. The van der Waals surface area contributed by atoms with Gasteiger partial charge in [-0.2, -0.15) is 10.1 Å². The second-order valence-corrected chi connectivity index (χ2v) is 7.63. The lowest BCUT2D eigenvalue weighted by molar-refractivity contribution is -0.140. The van der Waals surface area contributed by atoms with Crippen LogP contribution in [0.5, 0.6) is 0 Å². The first-order valence-corrected chi connectivity index (χ1v) is 9.98. The summed E-state index contributed by atoms with van der Waals surface area (Å²) in [6, 6.07) is 0.143. The first-order valence-electron chi connectivity index (χ1n) is 9.98. The topological polar surface area (TPSA) is 95.7 Å². The standard InChI is InChI=1S/C19H27N7O2.ClH/c1-13-16(14(2)26-19(23-13)21-12-22-26)5-6-17(27)24-8-3-4-15(11-24)25-9-7-20-10-18(25)28;/h12,15,20H,3-11H2,1-2H3;1H. The summed E-state index contributed by atoms with van der Waals surface area (Å²) >= 11 is 0. The predicted octanol–water partition coefficient (Wildman–Crippen LogP) is 0.518. The van der Waals surface area contributed by atoms with E-state index in [0.29, 0.717) is 31.7 Å². The van der Waals surface area contributed by atoms with Crippen molar-refractivity contribution >= 4 is 30.0 Å². The Morgan fingerprint density at radius 1 is 1.31 bits per heavy atom. The van der Waals surface area contributed by atoms with Crippen LogP contribution in [0.25, 0.3) is 5.78 Å². The molecule has 0 bridgehead atoms. The number of piperidine rings is 1. The molecule has 0 spiro atoms. The number of carbonyl (C=O) groups excluding carboxylic acids is 2. The van der Waals surface area contributed by atoms with Gasteiger partial charge < -0.3 is 15.1 Å². The number of piperazine rings is 1. The third-order valence-corrected chi connectivity index (χ3v) is 5.89. The summed E-state index contributed by atoms with van der Waals surface area (Å²) < 4.78 is 1.72. The summed E-state index contributed by atoms with van der Waals surface area (Å²) in [6.45, 7) is 7.31. The second-order valence-electron chi connectivity index (χ2n) is 7.63. The molecule has 9 nitrogen and oxygen atoms in total. The van der Waals surface area contributed by atoms with Crippen LogP contribution in [0, 0.1) is 13.8 Å². The van der Waals surface area contributed by atoms with E-state index in [1.165, 1.54) is 6.33 Å². The van der Waals surface area contributed by atoms with Gasteiger partial charge in [-0.3, -0.25) is 9.59 Å². The zero-order valence-corrected chi connectivity index (χ0v) is 17.7. The minimum atomic E-state index is 0. The number of hydrogen-bond acceptors (Lipinski definition) is 6. The van der Waals surface area contributed by atoms with E-state index in [0.717, 1.165) is 49.4 Å². The zero-order chi connectivity index (χ0) is 19.7. The number of halogens is 1. The van der Waals surface area contributed by atoms with E-state index in [1.807, 2.05) is 23.6 Å². The van der Waals surface area contributed by atoms with E-state index >= 15 is 0 Å². The summed E-state index contributed by atoms with van der Waals surface area (Å²) in [5.41, 5.74) is 2.93. The van der Waals surface area contributed by atoms with Crippen LogP contribution in [0.1, 0.15) is 36.2 Å². The number of hydrogen-bond donors (Lipinski definition) is 1. The average molecular weight is 422 g/mol. The summed E-state index contributed by atoms with van der Waals surface area (Å²) in [4.78, 5) is 37.6. The summed E-state index contributed by atoms with van der Waals surface area (Å²) in [7, 11) is 0. The van der Waals surface area contributed by atoms with Crippen molar-refractivity contribution in [3.8, 4) is 0 Å². The van der Waals surface area contributed by atoms with Crippen molar-refractivity contribution in [3.63, 3.8) is 0 Å². The van der Waals surface area contributed by atoms with Crippen LogP contribution in [0.2, 0.25) is 0 Å². The number of nitrogens with one attached hydrogen (secondary N) is 1. The van der Waals surface area contributed by atoms with Crippen molar-refractivity contribution in [2.24, 2.45) is 0 Å². The SMILES string of the molecule is Cc1nc2ncnn2c(C)c1CCC(=O)N1CCCC(N2CCNCC2=O)C1.Cl. The van der Waals surface area contributed by atoms with Gasteiger partial charge in [-0.25, -0.2) is 9.50 Å². The fourth-order valence-electron chi connectivity index (χ4n) is 4.35. The zero-order valence-electron chi connectivity index (χ0n) is 16.9. The molecular weight excluding hydrogens is 394 g/mol. The summed E-state index contributed by atoms with van der Waals surface area (Å²) in [5.74, 6) is 0.874. The number of aromatic nitrogens is 4. The highest BCUT2D eigenvalue weighted by atomic mass is 35.5. The van der Waals surface area contributed by atoms with E-state index < -0.39 is 0 Å². The van der Waals surface area contributed by atoms with Gasteiger partial charge in [-0.15, -0.1) is 12.4 Å². The van der Waals surface area contributed by atoms with Crippen molar-refractivity contribution in [2.75, 3.05) is 32.7 Å². The molecule has 4 heterocycles. The molecule has 10 heteroatoms. The van der Waals surface area contributed by atoms with E-state index in [9.17, 15) is 9.59 Å². The predicted molar refractivity (Wildman–Crippen MR) is 110 cm³/mol. The highest BCUT2D eigenvalue weighted by molar-refractivity contribution is 5.85. The molecule has 0 aliphatic carbocycles. The Kier molecular flexibility index (Phi) is 6.69. The monoisotopic (exact) mass is 421 g/mol. The Morgan fingerprint density at radius 3 is 2.93 bits per heavy atom. The van der Waals surface area contributed by atoms with Gasteiger partial charge in [0.05, 0.1) is 6.54 Å². The fraction of sp³-hybridized carbons (Fsp3) is 0.632. The molecular formula is C19H28ClN7O2. The molecule has 2 amide bonds. The molecule has 0 saturated carbocycles. The molecule has 0 radical (unpaired) electrons. The average Bonchev–Trinajstić information content (AvgIpc) is 3.16. The third kappa shape index (κ3) is 4.35. The quantitative estimate of drug-likeness (QED) is 0.773. The smallest absolute Gasteiger partial charge is 0.252 e. The first kappa shape index (κ1) is 21.4. The lowest BCUT2D eigenvalue weighted by atomic mass is 10.0. The highest BCUT2D eigenvalue weighted by Gasteiger charge is 2.31. The maximum atomic E-state index is 12.9. The van der Waals surface area contributed by atoms with Gasteiger partial charge in [0.2, 0.25) is 11.8 Å². The summed E-state index contributed by atoms with van der Waals surface area (Å²) in [6.07, 6.45) is 4.48. The van der Waals surface area contributed by atoms with Crippen molar-refractivity contribution < 1.29 is 9.59 Å². The van der Waals surface area contributed by atoms with E-state index in [1.54, 1.807) is 4.52 Å². The normalized spacial score (nSPS) is 20.1. The number of aryl methyl sites for hydroxylation is 2. The molecule has 0 aromatic carbocycles. The molecule has 158 valence electrons. The number of amides is 2. The van der Waals surface area contributed by atoms with Gasteiger partial charge in [0.1, 0.15) is 6.33 Å². The third-order valence-electron chi connectivity index (χ3n) is 5.89. The first-order chi connectivity index (χ1) is 13.5. The molecule has 2 aliphatic heterocycles. The van der Waals surface area contributed by atoms with Crippen molar-refractivity contribution in [1.29, 1.82) is 0 Å². The van der Waals surface area contributed by atoms with Crippen LogP contribution in [0.15, 0.2) is 6.33 Å². The minimum Gasteiger partial charge on any atom is -0.341 e. The van der Waals surface area contributed by atoms with E-state index in [2.05, 4.69) is 20.4 Å². The lowest BCUT2D eigenvalue weighted by Gasteiger charge is -2.41. The second kappa shape index (κ2) is 9.04. The van der Waals surface area contributed by atoms with Crippen LogP contribution in [-0.2, 0) is 16.0 Å². The Labute approximate surface area is 176 Å². The Bertz CT molecular complexity index is 900. The Morgan fingerprint density at radius 2 is 2.14 bits per heavy atom. The number of likely N-dealkylation sites (tertiary alicyclic amines) is 1. The number of nitrogens with zero attached hydrogens (tertiary/aromatic N) is 6. The van der Waals surface area contributed by atoms with Gasteiger partial charge in [0.25, 0.3) is 5.78 Å². The van der Waals surface area contributed by atoms with Crippen LogP contribution < -0.4 is 5.32 Å². The molecule has 29 heavy (non-hydrogen) atoms. The minimum absolute atomic E-state index is 0. The van der Waals surface area contributed by atoms with Crippen LogP contribution in [-0.4, -0.2) is 80.0 Å². The molecule has 4 rings (SSSR count). The number of carbonyl (C=O) groups is 2. The van der Waals surface area contributed by atoms with Gasteiger partial charge in [-0.1, -0.05) is 0 Å². The molecule has 2 fully saturated rings. The van der Waals surface area contributed by atoms with Crippen molar-refractivity contribution in [2.45, 2.75) is 45.6 Å². The molecule has 1 atom stereocenters. The summed E-state index contributed by atoms with van der Waals surface area (Å²) in [5, 5.41) is 7.32. The maximum Gasteiger partial charge on any atom is 0.252 e. The fourth-order valence-corrected chi connectivity index (χ4v) is 4.35. The van der Waals surface area contributed by atoms with Crippen LogP contribution in [0.3, 0.4) is 0 Å². The van der Waals surface area contributed by atoms with Crippen molar-refractivity contribution in [3.05, 3.63) is 23.3 Å². The van der Waals surface area contributed by atoms with E-state index in [4.69, 9.17) is 0 Å². The number of rotatable bonds is 4. The molecule has 2 aliphatic rings. The van der Waals surface area contributed by atoms with Crippen molar-refractivity contribution in [1.82, 2.24) is 34.7 Å². The lowest BCUT2D eigenvalue weighted by Crippen LogP contribution is -2.57. The van der Waals surface area contributed by atoms with Gasteiger partial charge in [0, 0.05) is 50.0 Å². The van der Waals surface area contributed by atoms with Crippen LogP contribution in [0.4, 0.5) is 0 Å².